The van der Waals surface area contributed by atoms with Crippen molar-refractivity contribution in [1.29, 1.82) is 0 Å². The molecule has 0 saturated carbocycles. The van der Waals surface area contributed by atoms with Crippen molar-refractivity contribution in [2.75, 3.05) is 34.0 Å². The van der Waals surface area contributed by atoms with Gasteiger partial charge in [-0.25, -0.2) is 0 Å². The Balaban J connectivity index is 2.90. The zero-order valence-corrected chi connectivity index (χ0v) is 8.43. The van der Waals surface area contributed by atoms with Crippen molar-refractivity contribution in [1.82, 2.24) is 5.32 Å². The molecule has 0 spiro atoms. The molecule has 0 rings (SSSR count). The van der Waals surface area contributed by atoms with Gasteiger partial charge in [0.1, 0.15) is 0 Å². The van der Waals surface area contributed by atoms with Gasteiger partial charge in [-0.15, -0.1) is 0 Å². The van der Waals surface area contributed by atoms with E-state index in [9.17, 15) is 0 Å². The van der Waals surface area contributed by atoms with Gasteiger partial charge in [0.05, 0.1) is 0 Å². The highest BCUT2D eigenvalue weighted by molar-refractivity contribution is 4.54. The van der Waals surface area contributed by atoms with Crippen LogP contribution in [-0.4, -0.2) is 40.0 Å². The average molecular weight is 175 g/mol. The molecule has 0 aromatic carbocycles. The van der Waals surface area contributed by atoms with E-state index in [1.807, 2.05) is 7.05 Å². The van der Waals surface area contributed by atoms with E-state index in [1.165, 1.54) is 0 Å². The summed E-state index contributed by atoms with van der Waals surface area (Å²) in [5.74, 6) is 0. The molecule has 0 fully saturated rings. The van der Waals surface area contributed by atoms with Crippen LogP contribution in [-0.2, 0) is 9.47 Å². The number of methoxy groups -OCH3 is 1. The maximum atomic E-state index is 5.39. The number of ether oxygens (including phenoxy) is 2. The third kappa shape index (κ3) is 7.98. The zero-order valence-electron chi connectivity index (χ0n) is 8.43. The Morgan fingerprint density at radius 1 is 1.25 bits per heavy atom. The fourth-order valence-electron chi connectivity index (χ4n) is 0.812. The molecule has 0 amide bonds. The maximum absolute atomic E-state index is 5.39. The van der Waals surface area contributed by atoms with Gasteiger partial charge in [0.25, 0.3) is 0 Å². The van der Waals surface area contributed by atoms with Gasteiger partial charge in [0.2, 0.25) is 0 Å². The van der Waals surface area contributed by atoms with Crippen molar-refractivity contribution in [3.8, 4) is 0 Å². The van der Waals surface area contributed by atoms with E-state index in [-0.39, 0.29) is 0 Å². The zero-order chi connectivity index (χ0) is 9.23. The second-order valence-electron chi connectivity index (χ2n) is 2.94. The van der Waals surface area contributed by atoms with Crippen LogP contribution in [0.3, 0.4) is 0 Å². The van der Waals surface area contributed by atoms with Crippen LogP contribution in [0.1, 0.15) is 19.8 Å². The van der Waals surface area contributed by atoms with Gasteiger partial charge in [-0.2, -0.15) is 0 Å². The first-order valence-corrected chi connectivity index (χ1v) is 4.55. The molecule has 0 aromatic heterocycles. The van der Waals surface area contributed by atoms with Crippen LogP contribution < -0.4 is 5.32 Å². The van der Waals surface area contributed by atoms with E-state index in [2.05, 4.69) is 12.2 Å². The van der Waals surface area contributed by atoms with Gasteiger partial charge < -0.3 is 14.8 Å². The van der Waals surface area contributed by atoms with Crippen LogP contribution in [0.4, 0.5) is 0 Å². The molecule has 0 aliphatic heterocycles. The summed E-state index contributed by atoms with van der Waals surface area (Å²) in [7, 11) is 3.68. The Labute approximate surface area is 75.4 Å². The Bertz CT molecular complexity index is 88.6. The van der Waals surface area contributed by atoms with Gasteiger partial charge >= 0.3 is 0 Å². The summed E-state index contributed by atoms with van der Waals surface area (Å²) in [6.45, 7) is 4.59. The first-order chi connectivity index (χ1) is 5.81. The Hall–Kier alpha value is -0.120. The average Bonchev–Trinajstić information content (AvgIpc) is 2.10. The largest absolute Gasteiger partial charge is 0.385 e. The summed E-state index contributed by atoms with van der Waals surface area (Å²) < 4.78 is 10.3. The van der Waals surface area contributed by atoms with E-state index in [0.29, 0.717) is 6.04 Å². The van der Waals surface area contributed by atoms with Crippen molar-refractivity contribution in [2.24, 2.45) is 0 Å². The smallest absolute Gasteiger partial charge is 0.0487 e. The van der Waals surface area contributed by atoms with Gasteiger partial charge in [-0.05, 0) is 26.8 Å². The van der Waals surface area contributed by atoms with Crippen molar-refractivity contribution >= 4 is 0 Å². The molecule has 74 valence electrons. The van der Waals surface area contributed by atoms with Crippen LogP contribution in [0.25, 0.3) is 0 Å². The van der Waals surface area contributed by atoms with Crippen LogP contribution >= 0.6 is 0 Å². The first-order valence-electron chi connectivity index (χ1n) is 4.55. The van der Waals surface area contributed by atoms with Gasteiger partial charge in [-0.3, -0.25) is 0 Å². The lowest BCUT2D eigenvalue weighted by Gasteiger charge is -2.09. The SMILES string of the molecule is CNC(C)CCOCCCOC. The summed E-state index contributed by atoms with van der Waals surface area (Å²) in [5.41, 5.74) is 0. The molecule has 0 bridgehead atoms. The molecule has 12 heavy (non-hydrogen) atoms. The highest BCUT2D eigenvalue weighted by atomic mass is 16.5. The van der Waals surface area contributed by atoms with Crippen molar-refractivity contribution in [3.05, 3.63) is 0 Å². The van der Waals surface area contributed by atoms with Crippen LogP contribution in [0, 0.1) is 0 Å². The molecule has 1 unspecified atom stereocenters. The Morgan fingerprint density at radius 2 is 2.00 bits per heavy atom. The lowest BCUT2D eigenvalue weighted by molar-refractivity contribution is 0.0977. The molecule has 1 atom stereocenters. The minimum absolute atomic E-state index is 0.549. The standard InChI is InChI=1S/C9H21NO2/c1-9(10-2)5-8-12-7-4-6-11-3/h9-10H,4-8H2,1-3H3. The van der Waals surface area contributed by atoms with Gasteiger partial charge in [0, 0.05) is 33.0 Å². The van der Waals surface area contributed by atoms with Crippen molar-refractivity contribution < 1.29 is 9.47 Å². The lowest BCUT2D eigenvalue weighted by atomic mass is 10.2. The molecule has 3 nitrogen and oxygen atoms in total. The van der Waals surface area contributed by atoms with E-state index in [0.717, 1.165) is 32.7 Å². The summed E-state index contributed by atoms with van der Waals surface area (Å²) >= 11 is 0. The topological polar surface area (TPSA) is 30.5 Å². The third-order valence-electron chi connectivity index (χ3n) is 1.83. The molecule has 0 heterocycles. The number of nitrogens with one attached hydrogen (secondary N) is 1. The van der Waals surface area contributed by atoms with Crippen LogP contribution in [0.2, 0.25) is 0 Å². The van der Waals surface area contributed by atoms with E-state index < -0.39 is 0 Å². The predicted molar refractivity (Wildman–Crippen MR) is 50.5 cm³/mol. The van der Waals surface area contributed by atoms with Crippen molar-refractivity contribution in [3.63, 3.8) is 0 Å². The highest BCUT2D eigenvalue weighted by Crippen LogP contribution is 1.91. The highest BCUT2D eigenvalue weighted by Gasteiger charge is 1.96. The maximum Gasteiger partial charge on any atom is 0.0487 e. The van der Waals surface area contributed by atoms with E-state index in [1.54, 1.807) is 7.11 Å². The molecular weight excluding hydrogens is 154 g/mol. The van der Waals surface area contributed by atoms with Crippen LogP contribution in [0.15, 0.2) is 0 Å². The first kappa shape index (κ1) is 11.9. The predicted octanol–water partition coefficient (Wildman–Crippen LogP) is 1.04. The lowest BCUT2D eigenvalue weighted by Crippen LogP contribution is -2.22. The molecule has 3 heteroatoms. The molecule has 0 aromatic rings. The normalized spacial score (nSPS) is 13.2. The summed E-state index contributed by atoms with van der Waals surface area (Å²) in [5, 5.41) is 3.16. The number of hydrogen-bond acceptors (Lipinski definition) is 3. The van der Waals surface area contributed by atoms with Gasteiger partial charge in [0.15, 0.2) is 0 Å². The fraction of sp³-hybridized carbons (Fsp3) is 1.00. The van der Waals surface area contributed by atoms with E-state index >= 15 is 0 Å². The Morgan fingerprint density at radius 3 is 2.58 bits per heavy atom. The second-order valence-corrected chi connectivity index (χ2v) is 2.94. The molecule has 0 aliphatic carbocycles. The summed E-state index contributed by atoms with van der Waals surface area (Å²) in [4.78, 5) is 0. The molecule has 1 N–H and O–H groups in total. The molecule has 0 radical (unpaired) electrons. The van der Waals surface area contributed by atoms with Gasteiger partial charge in [-0.1, -0.05) is 0 Å². The molecule has 0 saturated heterocycles. The number of rotatable bonds is 8. The second kappa shape index (κ2) is 8.97. The fourth-order valence-corrected chi connectivity index (χ4v) is 0.812. The van der Waals surface area contributed by atoms with Crippen molar-refractivity contribution in [2.45, 2.75) is 25.8 Å². The minimum atomic E-state index is 0.549. The molecular formula is C9H21NO2. The molecule has 0 aliphatic rings. The number of hydrogen-bond donors (Lipinski definition) is 1. The third-order valence-corrected chi connectivity index (χ3v) is 1.83. The van der Waals surface area contributed by atoms with Crippen LogP contribution in [0.5, 0.6) is 0 Å². The summed E-state index contributed by atoms with van der Waals surface area (Å²) in [6.07, 6.45) is 2.06. The summed E-state index contributed by atoms with van der Waals surface area (Å²) in [6, 6.07) is 0.549. The Kier molecular flexibility index (Phi) is 8.88. The minimum Gasteiger partial charge on any atom is -0.385 e. The quantitative estimate of drug-likeness (QED) is 0.559. The van der Waals surface area contributed by atoms with E-state index in [4.69, 9.17) is 9.47 Å². The monoisotopic (exact) mass is 175 g/mol.